The monoisotopic (exact) mass is 485 g/mol. The largest absolute Gasteiger partial charge is 0.338 e. The van der Waals surface area contributed by atoms with Crippen LogP contribution >= 0.6 is 22.9 Å². The first-order chi connectivity index (χ1) is 14.8. The summed E-state index contributed by atoms with van der Waals surface area (Å²) in [5.41, 5.74) is 1.75. The fraction of sp³-hybridized carbons (Fsp3) is 0.474. The fourth-order valence-corrected chi connectivity index (χ4v) is 5.94. The number of benzene rings is 1. The van der Waals surface area contributed by atoms with E-state index in [1.807, 2.05) is 0 Å². The molecular weight excluding hydrogens is 462 g/mol. The highest BCUT2D eigenvalue weighted by Crippen LogP contribution is 2.27. The van der Waals surface area contributed by atoms with Gasteiger partial charge < -0.3 is 10.2 Å². The van der Waals surface area contributed by atoms with Crippen molar-refractivity contribution in [2.75, 3.05) is 31.5 Å². The third kappa shape index (κ3) is 5.22. The van der Waals surface area contributed by atoms with E-state index in [4.69, 9.17) is 11.6 Å². The van der Waals surface area contributed by atoms with Crippen LogP contribution in [0.15, 0.2) is 28.6 Å². The van der Waals surface area contributed by atoms with Crippen LogP contribution in [-0.2, 0) is 14.8 Å². The number of anilines is 1. The summed E-state index contributed by atoms with van der Waals surface area (Å²) in [4.78, 5) is 27.1. The molecule has 1 saturated heterocycles. The zero-order valence-corrected chi connectivity index (χ0v) is 19.6. The van der Waals surface area contributed by atoms with Gasteiger partial charge in [-0.05, 0) is 31.0 Å². The maximum atomic E-state index is 13.1. The molecule has 0 aliphatic carbocycles. The number of hydrogen-bond acceptors (Lipinski definition) is 7. The number of carbonyl (C=O) groups is 2. The summed E-state index contributed by atoms with van der Waals surface area (Å²) in [5, 5.41) is 10.7. The molecule has 0 bridgehead atoms. The zero-order chi connectivity index (χ0) is 22.6. The molecule has 1 N–H and O–H groups in total. The van der Waals surface area contributed by atoms with Crippen LogP contribution in [-0.4, -0.2) is 65.8 Å². The van der Waals surface area contributed by atoms with Crippen molar-refractivity contribution < 1.29 is 18.0 Å². The van der Waals surface area contributed by atoms with E-state index in [2.05, 4.69) is 15.5 Å². The van der Waals surface area contributed by atoms with Crippen molar-refractivity contribution in [1.82, 2.24) is 19.4 Å². The van der Waals surface area contributed by atoms with Gasteiger partial charge in [-0.15, -0.1) is 10.2 Å². The number of piperidine rings is 1. The first-order valence-electron chi connectivity index (χ1n) is 9.93. The molecule has 1 aromatic heterocycles. The van der Waals surface area contributed by atoms with Crippen LogP contribution in [0.3, 0.4) is 0 Å². The average Bonchev–Trinajstić information content (AvgIpc) is 3.27. The minimum atomic E-state index is -3.82. The molecule has 1 atom stereocenters. The molecule has 1 unspecified atom stereocenters. The van der Waals surface area contributed by atoms with Crippen LogP contribution in [0, 0.1) is 5.92 Å². The normalized spacial score (nSPS) is 17.0. The van der Waals surface area contributed by atoms with Crippen molar-refractivity contribution in [2.45, 2.75) is 31.6 Å². The number of aromatic nitrogens is 2. The van der Waals surface area contributed by atoms with E-state index in [0.717, 1.165) is 0 Å². The molecule has 168 valence electrons. The molecule has 2 aromatic rings. The molecule has 0 radical (unpaired) electrons. The van der Waals surface area contributed by atoms with Crippen LogP contribution in [0.2, 0.25) is 5.02 Å². The summed E-state index contributed by atoms with van der Waals surface area (Å²) in [5.74, 6) is -0.927. The molecule has 1 aliphatic rings. The van der Waals surface area contributed by atoms with E-state index in [1.54, 1.807) is 18.7 Å². The second-order valence-corrected chi connectivity index (χ2v) is 10.2. The average molecular weight is 486 g/mol. The van der Waals surface area contributed by atoms with E-state index in [1.165, 1.54) is 39.4 Å². The van der Waals surface area contributed by atoms with Gasteiger partial charge in [0.05, 0.1) is 10.9 Å². The molecule has 12 heteroatoms. The van der Waals surface area contributed by atoms with Crippen LogP contribution < -0.4 is 5.32 Å². The summed E-state index contributed by atoms with van der Waals surface area (Å²) in [7, 11) is -3.82. The van der Waals surface area contributed by atoms with Crippen molar-refractivity contribution in [3.63, 3.8) is 0 Å². The maximum Gasteiger partial charge on any atom is 0.253 e. The summed E-state index contributed by atoms with van der Waals surface area (Å²) >= 11 is 7.39. The Morgan fingerprint density at radius 2 is 2.06 bits per heavy atom. The van der Waals surface area contributed by atoms with Gasteiger partial charge in [0.25, 0.3) is 5.91 Å². The van der Waals surface area contributed by atoms with Gasteiger partial charge in [-0.2, -0.15) is 4.31 Å². The summed E-state index contributed by atoms with van der Waals surface area (Å²) < 4.78 is 27.1. The van der Waals surface area contributed by atoms with Crippen molar-refractivity contribution in [2.24, 2.45) is 5.92 Å². The standard InChI is InChI=1S/C19H24ClN5O4S2/c1-3-25(4-2)31(28,29)16-10-13(7-8-15(16)20)18(27)24-9-5-6-14(11-24)17(26)22-19-23-21-12-30-19/h7-8,10,12,14H,3-6,9,11H2,1-2H3,(H,22,23,26). The Balaban J connectivity index is 1.78. The lowest BCUT2D eigenvalue weighted by Crippen LogP contribution is -2.43. The lowest BCUT2D eigenvalue weighted by molar-refractivity contribution is -0.121. The van der Waals surface area contributed by atoms with E-state index in [9.17, 15) is 18.0 Å². The summed E-state index contributed by atoms with van der Waals surface area (Å²) in [6, 6.07) is 4.26. The van der Waals surface area contributed by atoms with Gasteiger partial charge in [-0.3, -0.25) is 9.59 Å². The van der Waals surface area contributed by atoms with Gasteiger partial charge in [0.15, 0.2) is 0 Å². The Morgan fingerprint density at radius 3 is 2.71 bits per heavy atom. The Kier molecular flexibility index (Phi) is 7.63. The first-order valence-corrected chi connectivity index (χ1v) is 12.6. The lowest BCUT2D eigenvalue weighted by Gasteiger charge is -2.32. The molecular formula is C19H24ClN5O4S2. The van der Waals surface area contributed by atoms with E-state index in [0.29, 0.717) is 37.6 Å². The summed E-state index contributed by atoms with van der Waals surface area (Å²) in [6.45, 7) is 4.80. The third-order valence-corrected chi connectivity index (χ3v) is 8.31. The van der Waals surface area contributed by atoms with Crippen molar-refractivity contribution >= 4 is 49.9 Å². The molecule has 1 aliphatic heterocycles. The number of likely N-dealkylation sites (tertiary alicyclic amines) is 1. The predicted octanol–water partition coefficient (Wildman–Crippen LogP) is 2.71. The molecule has 9 nitrogen and oxygen atoms in total. The molecule has 1 aromatic carbocycles. The second-order valence-electron chi connectivity index (χ2n) is 7.06. The zero-order valence-electron chi connectivity index (χ0n) is 17.2. The minimum absolute atomic E-state index is 0.0661. The van der Waals surface area contributed by atoms with Crippen molar-refractivity contribution in [3.05, 3.63) is 34.3 Å². The van der Waals surface area contributed by atoms with Crippen molar-refractivity contribution in [3.8, 4) is 0 Å². The molecule has 3 rings (SSSR count). The maximum absolute atomic E-state index is 13.1. The number of halogens is 1. The SMILES string of the molecule is CCN(CC)S(=O)(=O)c1cc(C(=O)N2CCCC(C(=O)Nc3nncs3)C2)ccc1Cl. The van der Waals surface area contributed by atoms with Crippen LogP contribution in [0.4, 0.5) is 5.13 Å². The third-order valence-electron chi connectivity index (χ3n) is 5.17. The second kappa shape index (κ2) is 10.0. The highest BCUT2D eigenvalue weighted by Gasteiger charge is 2.31. The van der Waals surface area contributed by atoms with Gasteiger partial charge in [0.1, 0.15) is 10.4 Å². The van der Waals surface area contributed by atoms with Gasteiger partial charge in [-0.25, -0.2) is 8.42 Å². The smallest absolute Gasteiger partial charge is 0.253 e. The Bertz CT molecular complexity index is 1040. The van der Waals surface area contributed by atoms with E-state index in [-0.39, 0.29) is 39.8 Å². The number of hydrogen-bond donors (Lipinski definition) is 1. The Labute approximate surface area is 190 Å². The quantitative estimate of drug-likeness (QED) is 0.645. The number of carbonyl (C=O) groups excluding carboxylic acids is 2. The molecule has 2 heterocycles. The van der Waals surface area contributed by atoms with Gasteiger partial charge in [-0.1, -0.05) is 36.8 Å². The number of rotatable bonds is 7. The van der Waals surface area contributed by atoms with Crippen LogP contribution in [0.5, 0.6) is 0 Å². The van der Waals surface area contributed by atoms with E-state index < -0.39 is 10.0 Å². The number of nitrogens with zero attached hydrogens (tertiary/aromatic N) is 4. The van der Waals surface area contributed by atoms with Crippen molar-refractivity contribution in [1.29, 1.82) is 0 Å². The number of nitrogens with one attached hydrogen (secondary N) is 1. The topological polar surface area (TPSA) is 113 Å². The van der Waals surface area contributed by atoms with Crippen LogP contribution in [0.1, 0.15) is 37.0 Å². The molecule has 2 amide bonds. The van der Waals surface area contributed by atoms with Gasteiger partial charge in [0, 0.05) is 31.7 Å². The molecule has 31 heavy (non-hydrogen) atoms. The molecule has 1 fully saturated rings. The highest BCUT2D eigenvalue weighted by atomic mass is 35.5. The minimum Gasteiger partial charge on any atom is -0.338 e. The number of sulfonamides is 1. The first kappa shape index (κ1) is 23.6. The highest BCUT2D eigenvalue weighted by molar-refractivity contribution is 7.89. The Hall–Kier alpha value is -2.08. The molecule has 0 saturated carbocycles. The summed E-state index contributed by atoms with van der Waals surface area (Å²) in [6.07, 6.45) is 1.31. The Morgan fingerprint density at radius 1 is 1.32 bits per heavy atom. The van der Waals surface area contributed by atoms with Gasteiger partial charge >= 0.3 is 0 Å². The van der Waals surface area contributed by atoms with Gasteiger partial charge in [0.2, 0.25) is 21.1 Å². The molecule has 0 spiro atoms. The van der Waals surface area contributed by atoms with E-state index >= 15 is 0 Å². The number of amides is 2. The predicted molar refractivity (Wildman–Crippen MR) is 119 cm³/mol. The lowest BCUT2D eigenvalue weighted by atomic mass is 9.96. The van der Waals surface area contributed by atoms with Crippen LogP contribution in [0.25, 0.3) is 0 Å². The fourth-order valence-electron chi connectivity index (χ4n) is 3.53.